The Morgan fingerprint density at radius 3 is 3.04 bits per heavy atom. The maximum absolute atomic E-state index is 13.5. The molecule has 0 radical (unpaired) electrons. The molecule has 2 heterocycles. The van der Waals surface area contributed by atoms with Crippen molar-refractivity contribution in [2.45, 2.75) is 25.3 Å². The number of halogens is 2. The van der Waals surface area contributed by atoms with Gasteiger partial charge in [-0.25, -0.2) is 4.39 Å². The minimum atomic E-state index is -0.161. The van der Waals surface area contributed by atoms with Crippen LogP contribution in [0, 0.1) is 46.9 Å². The Balaban J connectivity index is 0.00000225. The number of dihydropyridines is 1. The van der Waals surface area contributed by atoms with Gasteiger partial charge in [0.1, 0.15) is 5.82 Å². The van der Waals surface area contributed by atoms with Crippen LogP contribution < -0.4 is 10.2 Å². The molecular weight excluding hydrogens is 654 g/mol. The van der Waals surface area contributed by atoms with Crippen molar-refractivity contribution in [2.24, 2.45) is 4.99 Å². The van der Waals surface area contributed by atoms with E-state index in [4.69, 9.17) is 0 Å². The van der Waals surface area contributed by atoms with Crippen molar-refractivity contribution in [3.8, 4) is 0 Å². The predicted octanol–water partition coefficient (Wildman–Crippen LogP) is 3.98. The molecule has 0 aromatic heterocycles. The zero-order chi connectivity index (χ0) is 16.8. The Bertz CT molecular complexity index is 660. The number of nitrogens with zero attached hydrogens (tertiary/aromatic N) is 2. The number of nitrogens with one attached hydrogen (secondary N) is 1. The minimum Gasteiger partial charge on any atom is -0.413 e. The standard InChI is InChI=1S/C19H21FIN3.U/c20-18-9-8-17(12-19(18)21)24-11-5-1-2-7-16(14-24)23-13-15-6-3-4-10-22-15;/h2-4,6,8-9,12,16,22H,1,5,7,10-11,14H2;/q-2;+2. The first-order valence-corrected chi connectivity index (χ1v) is 9.38. The molecule has 1 N–H and O–H groups in total. The molecular formula is C19H21FIN3U. The van der Waals surface area contributed by atoms with E-state index in [1.54, 1.807) is 6.07 Å². The van der Waals surface area contributed by atoms with E-state index in [2.05, 4.69) is 33.9 Å². The van der Waals surface area contributed by atoms with Crippen molar-refractivity contribution in [3.63, 3.8) is 0 Å². The van der Waals surface area contributed by atoms with Crippen LogP contribution in [0.25, 0.3) is 0 Å². The maximum Gasteiger partial charge on any atom is 2.00 e. The Labute approximate surface area is 186 Å². The Morgan fingerprint density at radius 1 is 1.40 bits per heavy atom. The first-order valence-electron chi connectivity index (χ1n) is 8.30. The molecule has 1 saturated heterocycles. The molecule has 1 aromatic rings. The van der Waals surface area contributed by atoms with Crippen LogP contribution in [0.3, 0.4) is 0 Å². The topological polar surface area (TPSA) is 27.6 Å². The van der Waals surface area contributed by atoms with E-state index in [9.17, 15) is 4.39 Å². The van der Waals surface area contributed by atoms with Crippen molar-refractivity contribution < 1.29 is 35.5 Å². The summed E-state index contributed by atoms with van der Waals surface area (Å²) in [6.07, 6.45) is 14.7. The van der Waals surface area contributed by atoms with Crippen LogP contribution in [-0.4, -0.2) is 31.9 Å². The SMILES string of the molecule is Fc1ccc(N2CCC[CH-]CC(N=[C-]C3=CC=CCN3)C2)cc1I.[U+2]. The Kier molecular flexibility index (Phi) is 9.02. The fourth-order valence-corrected chi connectivity index (χ4v) is 3.36. The Hall–Kier alpha value is -0.318. The van der Waals surface area contributed by atoms with Gasteiger partial charge in [-0.1, -0.05) is 12.5 Å². The number of anilines is 1. The van der Waals surface area contributed by atoms with E-state index in [1.807, 2.05) is 46.9 Å². The first kappa shape index (κ1) is 21.0. The van der Waals surface area contributed by atoms with Crippen LogP contribution in [0.2, 0.25) is 0 Å². The Morgan fingerprint density at radius 2 is 2.28 bits per heavy atom. The van der Waals surface area contributed by atoms with Crippen LogP contribution in [0.5, 0.6) is 0 Å². The summed E-state index contributed by atoms with van der Waals surface area (Å²) in [4.78, 5) is 6.97. The van der Waals surface area contributed by atoms with Crippen LogP contribution in [-0.2, 0) is 0 Å². The first-order chi connectivity index (χ1) is 11.7. The van der Waals surface area contributed by atoms with Crippen LogP contribution in [0.15, 0.2) is 47.1 Å². The quantitative estimate of drug-likeness (QED) is 0.299. The molecule has 2 aliphatic rings. The van der Waals surface area contributed by atoms with Gasteiger partial charge in [0.15, 0.2) is 0 Å². The normalized spacial score (nSPS) is 21.1. The molecule has 0 amide bonds. The molecule has 1 atom stereocenters. The molecule has 1 unspecified atom stereocenters. The number of aliphatic imine (C=N–C) groups is 1. The average molecular weight is 675 g/mol. The zero-order valence-electron chi connectivity index (χ0n) is 14.0. The predicted molar refractivity (Wildman–Crippen MR) is 106 cm³/mol. The molecule has 1 aromatic carbocycles. The molecule has 2 aliphatic heterocycles. The monoisotopic (exact) mass is 675 g/mol. The number of hydrogen-bond acceptors (Lipinski definition) is 3. The van der Waals surface area contributed by atoms with E-state index in [1.165, 1.54) is 0 Å². The summed E-state index contributed by atoms with van der Waals surface area (Å²) in [6.45, 7) is 2.62. The molecule has 3 nitrogen and oxygen atoms in total. The van der Waals surface area contributed by atoms with Crippen LogP contribution >= 0.6 is 22.6 Å². The van der Waals surface area contributed by atoms with Gasteiger partial charge < -0.3 is 21.6 Å². The average Bonchev–Trinajstić information content (AvgIpc) is 2.58. The minimum absolute atomic E-state index is 0. The van der Waals surface area contributed by atoms with E-state index in [0.29, 0.717) is 3.57 Å². The van der Waals surface area contributed by atoms with Gasteiger partial charge in [-0.3, -0.25) is 0 Å². The molecule has 3 rings (SSSR count). The van der Waals surface area contributed by atoms with Gasteiger partial charge in [0, 0.05) is 31.4 Å². The summed E-state index contributed by atoms with van der Waals surface area (Å²) < 4.78 is 14.2. The molecule has 0 bridgehead atoms. The molecule has 6 heteroatoms. The molecule has 25 heavy (non-hydrogen) atoms. The molecule has 1 fully saturated rings. The summed E-state index contributed by atoms with van der Waals surface area (Å²) in [5.41, 5.74) is 2.00. The molecule has 0 saturated carbocycles. The summed E-state index contributed by atoms with van der Waals surface area (Å²) >= 11 is 2.05. The number of rotatable bonds is 3. The fraction of sp³-hybridized carbons (Fsp3) is 0.368. The van der Waals surface area contributed by atoms with E-state index in [0.717, 1.165) is 50.3 Å². The number of benzene rings is 1. The molecule has 0 spiro atoms. The summed E-state index contributed by atoms with van der Waals surface area (Å²) in [5.74, 6) is -0.161. The molecule has 130 valence electrons. The van der Waals surface area contributed by atoms with E-state index < -0.39 is 0 Å². The van der Waals surface area contributed by atoms with Crippen molar-refractivity contribution in [2.75, 3.05) is 24.5 Å². The second kappa shape index (κ2) is 10.7. The number of allylic oxidation sites excluding steroid dienone is 3. The van der Waals surface area contributed by atoms with Gasteiger partial charge in [0.25, 0.3) is 0 Å². The van der Waals surface area contributed by atoms with Crippen LogP contribution in [0.1, 0.15) is 19.3 Å². The summed E-state index contributed by atoms with van der Waals surface area (Å²) in [6, 6.07) is 5.50. The summed E-state index contributed by atoms with van der Waals surface area (Å²) in [7, 11) is 0. The smallest absolute Gasteiger partial charge is 0.413 e. The maximum atomic E-state index is 13.5. The van der Waals surface area contributed by atoms with Crippen molar-refractivity contribution in [3.05, 3.63) is 57.9 Å². The summed E-state index contributed by atoms with van der Waals surface area (Å²) in [5, 5.41) is 3.25. The number of hydrogen-bond donors (Lipinski definition) is 1. The second-order valence-corrected chi connectivity index (χ2v) is 7.16. The van der Waals surface area contributed by atoms with Gasteiger partial charge in [-0.2, -0.15) is 18.9 Å². The van der Waals surface area contributed by atoms with Gasteiger partial charge in [-0.15, -0.1) is 18.0 Å². The third kappa shape index (κ3) is 6.41. The largest absolute Gasteiger partial charge is 2.00 e. The van der Waals surface area contributed by atoms with Gasteiger partial charge in [0.2, 0.25) is 0 Å². The van der Waals surface area contributed by atoms with Crippen LogP contribution in [0.4, 0.5) is 10.1 Å². The third-order valence-electron chi connectivity index (χ3n) is 4.15. The van der Waals surface area contributed by atoms with Crippen molar-refractivity contribution in [1.29, 1.82) is 0 Å². The van der Waals surface area contributed by atoms with Crippen molar-refractivity contribution in [1.82, 2.24) is 5.32 Å². The van der Waals surface area contributed by atoms with Crippen molar-refractivity contribution >= 4 is 34.5 Å². The van der Waals surface area contributed by atoms with E-state index in [-0.39, 0.29) is 43.0 Å². The zero-order valence-corrected chi connectivity index (χ0v) is 20.3. The second-order valence-electron chi connectivity index (χ2n) is 6.00. The van der Waals surface area contributed by atoms with E-state index >= 15 is 0 Å². The fourth-order valence-electron chi connectivity index (χ4n) is 2.86. The van der Waals surface area contributed by atoms with Gasteiger partial charge >= 0.3 is 31.1 Å². The van der Waals surface area contributed by atoms with Gasteiger partial charge in [-0.05, 0) is 40.8 Å². The molecule has 0 aliphatic carbocycles. The third-order valence-corrected chi connectivity index (χ3v) is 4.98. The van der Waals surface area contributed by atoms with Gasteiger partial charge in [0.05, 0.1) is 3.57 Å².